The maximum absolute atomic E-state index is 12.2. The van der Waals surface area contributed by atoms with Gasteiger partial charge in [-0.1, -0.05) is 27.5 Å². The fourth-order valence-electron chi connectivity index (χ4n) is 2.18. The minimum absolute atomic E-state index is 0.0729. The molecule has 9 heteroatoms. The normalized spacial score (nSPS) is 10.6. The van der Waals surface area contributed by atoms with Crippen LogP contribution in [0, 0.1) is 6.92 Å². The van der Waals surface area contributed by atoms with Crippen LogP contribution in [-0.4, -0.2) is 16.8 Å². The lowest BCUT2D eigenvalue weighted by Gasteiger charge is -2.06. The highest BCUT2D eigenvalue weighted by molar-refractivity contribution is 9.10. The van der Waals surface area contributed by atoms with E-state index in [0.29, 0.717) is 32.9 Å². The maximum atomic E-state index is 12.2. The lowest BCUT2D eigenvalue weighted by molar-refractivity contribution is -0.115. The quantitative estimate of drug-likeness (QED) is 0.574. The van der Waals surface area contributed by atoms with E-state index in [4.69, 9.17) is 16.0 Å². The third-order valence-corrected chi connectivity index (χ3v) is 5.04. The number of anilines is 2. The van der Waals surface area contributed by atoms with Crippen molar-refractivity contribution < 1.29 is 14.0 Å². The molecule has 0 spiro atoms. The number of aryl methyl sites for hydroxylation is 1. The zero-order valence-corrected chi connectivity index (χ0v) is 16.7. The number of carbonyl (C=O) groups is 2. The first kappa shape index (κ1) is 18.6. The van der Waals surface area contributed by atoms with Crippen molar-refractivity contribution in [2.75, 3.05) is 10.6 Å². The maximum Gasteiger partial charge on any atom is 0.260 e. The summed E-state index contributed by atoms with van der Waals surface area (Å²) in [6.07, 6.45) is 1.53. The first-order valence-electron chi connectivity index (χ1n) is 7.47. The van der Waals surface area contributed by atoms with Crippen LogP contribution in [0.3, 0.4) is 0 Å². The molecule has 0 aliphatic carbocycles. The predicted octanol–water partition coefficient (Wildman–Crippen LogP) is 4.89. The molecule has 0 unspecified atom stereocenters. The van der Waals surface area contributed by atoms with E-state index < -0.39 is 0 Å². The highest BCUT2D eigenvalue weighted by atomic mass is 79.9. The summed E-state index contributed by atoms with van der Waals surface area (Å²) in [5, 5.41) is 8.01. The van der Waals surface area contributed by atoms with E-state index in [1.54, 1.807) is 36.6 Å². The average molecular weight is 455 g/mol. The molecule has 2 amide bonds. The lowest BCUT2D eigenvalue weighted by Crippen LogP contribution is -2.15. The first-order valence-corrected chi connectivity index (χ1v) is 9.52. The Bertz CT molecular complexity index is 970. The molecule has 2 aromatic heterocycles. The van der Waals surface area contributed by atoms with Crippen molar-refractivity contribution in [3.63, 3.8) is 0 Å². The molecule has 6 nitrogen and oxygen atoms in total. The second kappa shape index (κ2) is 8.03. The Morgan fingerprint density at radius 1 is 1.31 bits per heavy atom. The van der Waals surface area contributed by atoms with Crippen molar-refractivity contribution in [1.29, 1.82) is 0 Å². The van der Waals surface area contributed by atoms with Gasteiger partial charge in [0.1, 0.15) is 5.76 Å². The van der Waals surface area contributed by atoms with Gasteiger partial charge in [0.2, 0.25) is 5.91 Å². The van der Waals surface area contributed by atoms with Crippen molar-refractivity contribution in [3.05, 3.63) is 62.4 Å². The molecule has 0 saturated carbocycles. The molecule has 0 radical (unpaired) electrons. The van der Waals surface area contributed by atoms with Crippen LogP contribution >= 0.6 is 38.9 Å². The highest BCUT2D eigenvalue weighted by Gasteiger charge is 2.15. The van der Waals surface area contributed by atoms with Gasteiger partial charge < -0.3 is 9.73 Å². The van der Waals surface area contributed by atoms with Crippen LogP contribution in [0.25, 0.3) is 0 Å². The van der Waals surface area contributed by atoms with Gasteiger partial charge in [0.05, 0.1) is 34.7 Å². The van der Waals surface area contributed by atoms with Crippen molar-refractivity contribution in [2.45, 2.75) is 13.3 Å². The molecule has 2 N–H and O–H groups in total. The first-order chi connectivity index (χ1) is 12.4. The summed E-state index contributed by atoms with van der Waals surface area (Å²) in [4.78, 5) is 28.6. The molecule has 3 rings (SSSR count). The van der Waals surface area contributed by atoms with Crippen LogP contribution in [-0.2, 0) is 11.2 Å². The lowest BCUT2D eigenvalue weighted by atomic mass is 10.2. The van der Waals surface area contributed by atoms with Crippen LogP contribution in [0.1, 0.15) is 21.8 Å². The van der Waals surface area contributed by atoms with Crippen molar-refractivity contribution in [3.8, 4) is 0 Å². The van der Waals surface area contributed by atoms with Gasteiger partial charge in [-0.25, -0.2) is 4.98 Å². The fourth-order valence-corrected chi connectivity index (χ4v) is 3.61. The number of thiazole rings is 1. The molecule has 0 bridgehead atoms. The molecule has 0 saturated heterocycles. The fraction of sp³-hybridized carbons (Fsp3) is 0.118. The highest BCUT2D eigenvalue weighted by Crippen LogP contribution is 2.26. The smallest absolute Gasteiger partial charge is 0.260 e. The molecule has 134 valence electrons. The molecule has 3 aromatic rings. The van der Waals surface area contributed by atoms with Gasteiger partial charge in [-0.3, -0.25) is 14.9 Å². The average Bonchev–Trinajstić information content (AvgIpc) is 3.19. The van der Waals surface area contributed by atoms with Gasteiger partial charge in [-0.05, 0) is 31.2 Å². The van der Waals surface area contributed by atoms with Gasteiger partial charge in [0.15, 0.2) is 5.13 Å². The molecule has 2 heterocycles. The summed E-state index contributed by atoms with van der Waals surface area (Å²) in [5.74, 6) is -0.0173. The zero-order valence-electron chi connectivity index (χ0n) is 13.5. The van der Waals surface area contributed by atoms with E-state index in [0.717, 1.165) is 4.47 Å². The van der Waals surface area contributed by atoms with Crippen molar-refractivity contribution in [2.24, 2.45) is 0 Å². The number of hydrogen-bond donors (Lipinski definition) is 2. The number of rotatable bonds is 5. The number of aromatic nitrogens is 1. The Morgan fingerprint density at radius 3 is 2.81 bits per heavy atom. The van der Waals surface area contributed by atoms with Gasteiger partial charge in [-0.2, -0.15) is 0 Å². The standard InChI is InChI=1S/C17H13BrClN3O3S/c1-9-12(4-5-25-9)16(24)22-17-20-11(8-26-17)7-15(23)21-14-3-2-10(18)6-13(14)19/h2-6,8H,7H2,1H3,(H,21,23)(H,20,22,24). The number of nitrogens with one attached hydrogen (secondary N) is 2. The summed E-state index contributed by atoms with van der Waals surface area (Å²) in [5.41, 5.74) is 1.53. The second-order valence-electron chi connectivity index (χ2n) is 5.34. The van der Waals surface area contributed by atoms with Crippen LogP contribution in [0.2, 0.25) is 5.02 Å². The van der Waals surface area contributed by atoms with E-state index in [1.165, 1.54) is 17.6 Å². The SMILES string of the molecule is Cc1occc1C(=O)Nc1nc(CC(=O)Nc2ccc(Br)cc2Cl)cs1. The minimum atomic E-state index is -0.303. The monoisotopic (exact) mass is 453 g/mol. The summed E-state index contributed by atoms with van der Waals surface area (Å²) in [7, 11) is 0. The molecular weight excluding hydrogens is 442 g/mol. The number of benzene rings is 1. The largest absolute Gasteiger partial charge is 0.469 e. The molecular formula is C17H13BrClN3O3S. The van der Waals surface area contributed by atoms with Gasteiger partial charge in [0.25, 0.3) is 5.91 Å². The molecule has 0 fully saturated rings. The van der Waals surface area contributed by atoms with E-state index >= 15 is 0 Å². The van der Waals surface area contributed by atoms with Crippen molar-refractivity contribution >= 4 is 61.5 Å². The number of furan rings is 1. The van der Waals surface area contributed by atoms with Gasteiger partial charge in [0, 0.05) is 9.85 Å². The van der Waals surface area contributed by atoms with E-state index in [-0.39, 0.29) is 18.2 Å². The topological polar surface area (TPSA) is 84.2 Å². The van der Waals surface area contributed by atoms with Gasteiger partial charge in [-0.15, -0.1) is 11.3 Å². The Labute approximate surface area is 166 Å². The molecule has 1 aromatic carbocycles. The number of nitrogens with zero attached hydrogens (tertiary/aromatic N) is 1. The Balaban J connectivity index is 1.60. The minimum Gasteiger partial charge on any atom is -0.469 e. The number of amides is 2. The second-order valence-corrected chi connectivity index (χ2v) is 7.52. The number of carbonyl (C=O) groups excluding carboxylic acids is 2. The predicted molar refractivity (Wildman–Crippen MR) is 105 cm³/mol. The summed E-state index contributed by atoms with van der Waals surface area (Å²) >= 11 is 10.6. The zero-order chi connectivity index (χ0) is 18.7. The van der Waals surface area contributed by atoms with Crippen LogP contribution in [0.15, 0.2) is 44.8 Å². The Hall–Kier alpha value is -2.16. The van der Waals surface area contributed by atoms with Crippen LogP contribution in [0.5, 0.6) is 0 Å². The number of halogens is 2. The molecule has 0 aliphatic heterocycles. The summed E-state index contributed by atoms with van der Waals surface area (Å²) < 4.78 is 5.94. The summed E-state index contributed by atoms with van der Waals surface area (Å²) in [6, 6.07) is 6.79. The van der Waals surface area contributed by atoms with Crippen LogP contribution < -0.4 is 10.6 Å². The van der Waals surface area contributed by atoms with Crippen LogP contribution in [0.4, 0.5) is 10.8 Å². The van der Waals surface area contributed by atoms with E-state index in [2.05, 4.69) is 31.5 Å². The van der Waals surface area contributed by atoms with Gasteiger partial charge >= 0.3 is 0 Å². The molecule has 26 heavy (non-hydrogen) atoms. The summed E-state index contributed by atoms with van der Waals surface area (Å²) in [6.45, 7) is 1.71. The molecule has 0 atom stereocenters. The third-order valence-electron chi connectivity index (χ3n) is 3.42. The third kappa shape index (κ3) is 4.51. The number of hydrogen-bond acceptors (Lipinski definition) is 5. The van der Waals surface area contributed by atoms with E-state index in [1.807, 2.05) is 0 Å². The van der Waals surface area contributed by atoms with E-state index in [9.17, 15) is 9.59 Å². The Kier molecular flexibility index (Phi) is 5.75. The van der Waals surface area contributed by atoms with Crippen molar-refractivity contribution in [1.82, 2.24) is 4.98 Å². The molecule has 0 aliphatic rings. The Morgan fingerprint density at radius 2 is 2.12 bits per heavy atom.